The van der Waals surface area contributed by atoms with E-state index >= 15 is 0 Å². The zero-order valence-electron chi connectivity index (χ0n) is 11.6. The van der Waals surface area contributed by atoms with E-state index in [1.165, 1.54) is 24.5 Å². The second-order valence-corrected chi connectivity index (χ2v) is 6.31. The molecule has 0 fully saturated rings. The molecule has 0 radical (unpaired) electrons. The Morgan fingerprint density at radius 1 is 1.38 bits per heavy atom. The van der Waals surface area contributed by atoms with E-state index in [2.05, 4.69) is 14.3 Å². The van der Waals surface area contributed by atoms with Gasteiger partial charge in [0, 0.05) is 11.9 Å². The quantitative estimate of drug-likeness (QED) is 0.380. The number of anilines is 1. The van der Waals surface area contributed by atoms with Crippen LogP contribution in [0.5, 0.6) is 0 Å². The first-order chi connectivity index (χ1) is 9.80. The minimum absolute atomic E-state index is 0.0156. The highest BCUT2D eigenvalue weighted by atomic mass is 32.2. The maximum atomic E-state index is 12.5. The second kappa shape index (κ2) is 6.93. The van der Waals surface area contributed by atoms with Crippen LogP contribution in [-0.2, 0) is 24.1 Å². The molecule has 9 heteroatoms. The summed E-state index contributed by atoms with van der Waals surface area (Å²) in [5.41, 5.74) is 5.80. The smallest absolute Gasteiger partial charge is 0.315 e. The number of benzene rings is 1. The molecular weight excluding hydrogens is 298 g/mol. The molecule has 114 valence electrons. The summed E-state index contributed by atoms with van der Waals surface area (Å²) >= 11 is 0. The van der Waals surface area contributed by atoms with E-state index in [4.69, 9.17) is 5.73 Å². The van der Waals surface area contributed by atoms with E-state index in [-0.39, 0.29) is 22.9 Å². The van der Waals surface area contributed by atoms with E-state index in [9.17, 15) is 18.7 Å². The molecule has 0 aliphatic rings. The van der Waals surface area contributed by atoms with Gasteiger partial charge in [-0.25, -0.2) is 4.21 Å². The molecule has 8 nitrogen and oxygen atoms in total. The number of nitrogens with zero attached hydrogens (tertiary/aromatic N) is 2. The maximum Gasteiger partial charge on any atom is 0.315 e. The van der Waals surface area contributed by atoms with Crippen molar-refractivity contribution in [3.05, 3.63) is 23.1 Å². The fraction of sp³-hybridized carbons (Fsp3) is 0.333. The molecule has 0 saturated carbocycles. The molecule has 21 heavy (non-hydrogen) atoms. The Hall–Kier alpha value is -2.29. The SMILES string of the molecule is CCOC(=O)CC(=O)N=S(C)(=O)c1cc(N=O)ccc1N. The lowest BCUT2D eigenvalue weighted by Gasteiger charge is -2.07. The lowest BCUT2D eigenvalue weighted by atomic mass is 10.3. The summed E-state index contributed by atoms with van der Waals surface area (Å²) in [7, 11) is -3.19. The Morgan fingerprint density at radius 2 is 2.05 bits per heavy atom. The van der Waals surface area contributed by atoms with Gasteiger partial charge < -0.3 is 10.5 Å². The number of ether oxygens (including phenoxy) is 1. The molecule has 2 N–H and O–H groups in total. The first-order valence-electron chi connectivity index (χ1n) is 5.93. The fourth-order valence-electron chi connectivity index (χ4n) is 1.52. The summed E-state index contributed by atoms with van der Waals surface area (Å²) in [4.78, 5) is 33.3. The summed E-state index contributed by atoms with van der Waals surface area (Å²) in [6.45, 7) is 1.73. The topological polar surface area (TPSA) is 128 Å². The van der Waals surface area contributed by atoms with Crippen LogP contribution in [0.1, 0.15) is 13.3 Å². The minimum atomic E-state index is -3.19. The zero-order valence-corrected chi connectivity index (χ0v) is 12.4. The highest BCUT2D eigenvalue weighted by Gasteiger charge is 2.16. The van der Waals surface area contributed by atoms with Gasteiger partial charge in [0.15, 0.2) is 0 Å². The second-order valence-electron chi connectivity index (χ2n) is 4.08. The molecule has 1 aromatic carbocycles. The third kappa shape index (κ3) is 4.63. The first-order valence-corrected chi connectivity index (χ1v) is 7.86. The van der Waals surface area contributed by atoms with Crippen molar-refractivity contribution in [2.24, 2.45) is 9.54 Å². The summed E-state index contributed by atoms with van der Waals surface area (Å²) in [5, 5.41) is 2.71. The van der Waals surface area contributed by atoms with Crippen LogP contribution in [0.4, 0.5) is 11.4 Å². The van der Waals surface area contributed by atoms with E-state index in [0.29, 0.717) is 0 Å². The van der Waals surface area contributed by atoms with Gasteiger partial charge in [0.05, 0.1) is 21.2 Å². The largest absolute Gasteiger partial charge is 0.466 e. The van der Waals surface area contributed by atoms with Gasteiger partial charge in [0.1, 0.15) is 12.1 Å². The predicted molar refractivity (Wildman–Crippen MR) is 77.3 cm³/mol. The van der Waals surface area contributed by atoms with Crippen LogP contribution in [0, 0.1) is 4.91 Å². The molecule has 0 aliphatic carbocycles. The van der Waals surface area contributed by atoms with Crippen molar-refractivity contribution in [3.8, 4) is 0 Å². The van der Waals surface area contributed by atoms with Crippen LogP contribution in [-0.4, -0.2) is 28.9 Å². The van der Waals surface area contributed by atoms with Gasteiger partial charge in [-0.05, 0) is 30.3 Å². The number of hydrogen-bond acceptors (Lipinski definition) is 7. The Bertz CT molecular complexity index is 692. The first kappa shape index (κ1) is 16.8. The van der Waals surface area contributed by atoms with Crippen molar-refractivity contribution in [2.75, 3.05) is 18.6 Å². The number of nitrogen functional groups attached to an aromatic ring is 1. The number of nitrogens with two attached hydrogens (primary N) is 1. The maximum absolute atomic E-state index is 12.5. The molecular formula is C12H15N3O5S. The van der Waals surface area contributed by atoms with Crippen LogP contribution in [0.25, 0.3) is 0 Å². The van der Waals surface area contributed by atoms with E-state index in [1.54, 1.807) is 6.92 Å². The molecule has 1 atom stereocenters. The summed E-state index contributed by atoms with van der Waals surface area (Å²) in [5.74, 6) is -1.64. The molecule has 0 bridgehead atoms. The van der Waals surface area contributed by atoms with Gasteiger partial charge in [-0.1, -0.05) is 0 Å². The summed E-state index contributed by atoms with van der Waals surface area (Å²) in [6.07, 6.45) is 0.584. The Balaban J connectivity index is 3.12. The number of nitroso groups, excluding NO2 is 1. The lowest BCUT2D eigenvalue weighted by molar-refractivity contribution is -0.145. The van der Waals surface area contributed by atoms with Crippen LogP contribution in [0.2, 0.25) is 0 Å². The standard InChI is InChI=1S/C12H15N3O5S/c1-3-20-12(17)7-11(16)15-21(2,19)10-6-8(14-18)4-5-9(10)13/h4-6H,3,7,13H2,1-2H3. The molecule has 1 aromatic rings. The van der Waals surface area contributed by atoms with Gasteiger partial charge in [-0.15, -0.1) is 4.91 Å². The third-order valence-electron chi connectivity index (χ3n) is 2.39. The van der Waals surface area contributed by atoms with Crippen LogP contribution >= 0.6 is 0 Å². The van der Waals surface area contributed by atoms with Crippen molar-refractivity contribution < 1.29 is 18.5 Å². The number of carbonyl (C=O) groups excluding carboxylic acids is 2. The van der Waals surface area contributed by atoms with Crippen molar-refractivity contribution in [3.63, 3.8) is 0 Å². The Kier molecular flexibility index (Phi) is 5.53. The number of rotatable bonds is 5. The van der Waals surface area contributed by atoms with Crippen LogP contribution < -0.4 is 5.73 Å². The van der Waals surface area contributed by atoms with Gasteiger partial charge >= 0.3 is 5.97 Å². The van der Waals surface area contributed by atoms with Crippen molar-refractivity contribution >= 4 is 33.0 Å². The number of amides is 1. The molecule has 0 aromatic heterocycles. The lowest BCUT2D eigenvalue weighted by Crippen LogP contribution is -2.12. The minimum Gasteiger partial charge on any atom is -0.466 e. The average Bonchev–Trinajstić information content (AvgIpc) is 2.38. The van der Waals surface area contributed by atoms with Gasteiger partial charge in [-0.3, -0.25) is 9.59 Å². The van der Waals surface area contributed by atoms with Crippen LogP contribution in [0.3, 0.4) is 0 Å². The normalized spacial score (nSPS) is 13.0. The Morgan fingerprint density at radius 3 is 2.62 bits per heavy atom. The molecule has 1 unspecified atom stereocenters. The molecule has 0 aliphatic heterocycles. The van der Waals surface area contributed by atoms with Gasteiger partial charge in [-0.2, -0.15) is 4.36 Å². The van der Waals surface area contributed by atoms with E-state index in [0.717, 1.165) is 0 Å². The van der Waals surface area contributed by atoms with Crippen molar-refractivity contribution in [1.29, 1.82) is 0 Å². The van der Waals surface area contributed by atoms with Gasteiger partial charge in [0.2, 0.25) is 0 Å². The Labute approximate surface area is 121 Å². The molecule has 0 spiro atoms. The number of hydrogen-bond donors (Lipinski definition) is 1. The number of esters is 1. The van der Waals surface area contributed by atoms with Crippen molar-refractivity contribution in [2.45, 2.75) is 18.2 Å². The van der Waals surface area contributed by atoms with Crippen molar-refractivity contribution in [1.82, 2.24) is 0 Å². The molecule has 1 rings (SSSR count). The monoisotopic (exact) mass is 313 g/mol. The zero-order chi connectivity index (χ0) is 16.0. The van der Waals surface area contributed by atoms with Gasteiger partial charge in [0.25, 0.3) is 5.91 Å². The third-order valence-corrected chi connectivity index (χ3v) is 4.11. The highest BCUT2D eigenvalue weighted by Crippen LogP contribution is 2.25. The van der Waals surface area contributed by atoms with Crippen LogP contribution in [0.15, 0.2) is 32.6 Å². The highest BCUT2D eigenvalue weighted by molar-refractivity contribution is 7.93. The number of carbonyl (C=O) groups is 2. The van der Waals surface area contributed by atoms with E-state index < -0.39 is 28.0 Å². The summed E-state index contributed by atoms with van der Waals surface area (Å²) < 4.78 is 20.6. The fourth-order valence-corrected chi connectivity index (χ4v) is 2.92. The molecule has 0 heterocycles. The predicted octanol–water partition coefficient (Wildman–Crippen LogP) is 1.60. The molecule has 1 amide bonds. The van der Waals surface area contributed by atoms with E-state index in [1.807, 2.05) is 0 Å². The molecule has 0 saturated heterocycles. The average molecular weight is 313 g/mol. The summed E-state index contributed by atoms with van der Waals surface area (Å²) in [6, 6.07) is 3.90.